The van der Waals surface area contributed by atoms with Gasteiger partial charge in [0.1, 0.15) is 5.75 Å². The number of unbranched alkanes of at least 4 members (excludes halogenated alkanes) is 1. The first-order valence-corrected chi connectivity index (χ1v) is 9.25. The number of hydrogen-bond donors (Lipinski definition) is 2. The monoisotopic (exact) mass is 323 g/mol. The number of benzene rings is 1. The Hall–Kier alpha value is -1.36. The number of guanidine groups is 1. The maximum Gasteiger partial charge on any atom is 0.191 e. The molecule has 0 aliphatic carbocycles. The fourth-order valence-corrected chi connectivity index (χ4v) is 2.62. The van der Waals surface area contributed by atoms with Gasteiger partial charge in [0.2, 0.25) is 0 Å². The predicted octanol–water partition coefficient (Wildman–Crippen LogP) is 3.20. The SMILES string of the molecule is CCNC(=NCc1ccc(OC)c(C)c1)NCCCCSC. The summed E-state index contributed by atoms with van der Waals surface area (Å²) < 4.78 is 5.29. The van der Waals surface area contributed by atoms with Crippen molar-refractivity contribution in [2.45, 2.75) is 33.2 Å². The number of nitrogens with one attached hydrogen (secondary N) is 2. The fraction of sp³-hybridized carbons (Fsp3) is 0.588. The number of methoxy groups -OCH3 is 1. The number of nitrogens with zero attached hydrogens (tertiary/aromatic N) is 1. The Morgan fingerprint density at radius 2 is 2.09 bits per heavy atom. The van der Waals surface area contributed by atoms with Gasteiger partial charge in [0.15, 0.2) is 5.96 Å². The Labute approximate surface area is 139 Å². The Kier molecular flexibility index (Phi) is 9.55. The van der Waals surface area contributed by atoms with Crippen LogP contribution in [-0.4, -0.2) is 38.2 Å². The van der Waals surface area contributed by atoms with E-state index in [0.29, 0.717) is 6.54 Å². The molecular weight excluding hydrogens is 294 g/mol. The van der Waals surface area contributed by atoms with Crippen LogP contribution in [0.25, 0.3) is 0 Å². The van der Waals surface area contributed by atoms with Crippen molar-refractivity contribution in [1.29, 1.82) is 0 Å². The zero-order chi connectivity index (χ0) is 16.2. The molecule has 0 saturated carbocycles. The minimum absolute atomic E-state index is 0.672. The van der Waals surface area contributed by atoms with E-state index in [1.807, 2.05) is 17.8 Å². The molecule has 1 aromatic rings. The van der Waals surface area contributed by atoms with Crippen LogP contribution in [0.15, 0.2) is 23.2 Å². The number of aryl methyl sites for hydroxylation is 1. The average molecular weight is 324 g/mol. The lowest BCUT2D eigenvalue weighted by atomic mass is 10.1. The minimum atomic E-state index is 0.672. The van der Waals surface area contributed by atoms with Crippen LogP contribution in [0.1, 0.15) is 30.9 Å². The lowest BCUT2D eigenvalue weighted by molar-refractivity contribution is 0.411. The summed E-state index contributed by atoms with van der Waals surface area (Å²) in [5.74, 6) is 3.03. The molecule has 0 radical (unpaired) electrons. The van der Waals surface area contributed by atoms with Crippen LogP contribution >= 0.6 is 11.8 Å². The molecule has 4 nitrogen and oxygen atoms in total. The van der Waals surface area contributed by atoms with E-state index in [1.165, 1.54) is 24.2 Å². The third-order valence-electron chi connectivity index (χ3n) is 3.29. The largest absolute Gasteiger partial charge is 0.496 e. The Morgan fingerprint density at radius 3 is 2.73 bits per heavy atom. The topological polar surface area (TPSA) is 45.7 Å². The smallest absolute Gasteiger partial charge is 0.191 e. The van der Waals surface area contributed by atoms with Crippen LogP contribution in [0.5, 0.6) is 5.75 Å². The van der Waals surface area contributed by atoms with Crippen molar-refractivity contribution in [1.82, 2.24) is 10.6 Å². The van der Waals surface area contributed by atoms with Crippen molar-refractivity contribution >= 4 is 17.7 Å². The quantitative estimate of drug-likeness (QED) is 0.416. The van der Waals surface area contributed by atoms with Crippen molar-refractivity contribution in [2.75, 3.05) is 32.2 Å². The molecule has 1 rings (SSSR count). The van der Waals surface area contributed by atoms with E-state index in [2.05, 4.69) is 47.9 Å². The highest BCUT2D eigenvalue weighted by molar-refractivity contribution is 7.98. The maximum absolute atomic E-state index is 5.29. The molecule has 0 spiro atoms. The van der Waals surface area contributed by atoms with Crippen molar-refractivity contribution in [3.05, 3.63) is 29.3 Å². The highest BCUT2D eigenvalue weighted by Gasteiger charge is 2.01. The van der Waals surface area contributed by atoms with Crippen LogP contribution in [0.3, 0.4) is 0 Å². The molecule has 0 aromatic heterocycles. The van der Waals surface area contributed by atoms with Gasteiger partial charge < -0.3 is 15.4 Å². The highest BCUT2D eigenvalue weighted by atomic mass is 32.2. The second-order valence-corrected chi connectivity index (χ2v) is 6.11. The lowest BCUT2D eigenvalue weighted by Gasteiger charge is -2.11. The van der Waals surface area contributed by atoms with E-state index in [9.17, 15) is 0 Å². The molecule has 0 bridgehead atoms. The Morgan fingerprint density at radius 1 is 1.27 bits per heavy atom. The van der Waals surface area contributed by atoms with Gasteiger partial charge >= 0.3 is 0 Å². The molecule has 124 valence electrons. The van der Waals surface area contributed by atoms with Crippen LogP contribution < -0.4 is 15.4 Å². The van der Waals surface area contributed by atoms with Crippen LogP contribution in [0, 0.1) is 6.92 Å². The van der Waals surface area contributed by atoms with Gasteiger partial charge in [0, 0.05) is 13.1 Å². The number of thioether (sulfide) groups is 1. The van der Waals surface area contributed by atoms with Gasteiger partial charge in [-0.15, -0.1) is 0 Å². The molecule has 0 fully saturated rings. The fourth-order valence-electron chi connectivity index (χ4n) is 2.13. The molecule has 5 heteroatoms. The molecular formula is C17H29N3OS. The summed E-state index contributed by atoms with van der Waals surface area (Å²) >= 11 is 1.90. The van der Waals surface area contributed by atoms with Crippen LogP contribution in [0.4, 0.5) is 0 Å². The third-order valence-corrected chi connectivity index (χ3v) is 3.99. The zero-order valence-corrected chi connectivity index (χ0v) is 15.1. The summed E-state index contributed by atoms with van der Waals surface area (Å²) in [6, 6.07) is 6.20. The van der Waals surface area contributed by atoms with Crippen molar-refractivity contribution in [3.63, 3.8) is 0 Å². The molecule has 22 heavy (non-hydrogen) atoms. The summed E-state index contributed by atoms with van der Waals surface area (Å²) in [6.07, 6.45) is 4.56. The van der Waals surface area contributed by atoms with E-state index in [4.69, 9.17) is 4.74 Å². The second kappa shape index (κ2) is 11.2. The Balaban J connectivity index is 2.52. The van der Waals surface area contributed by atoms with Crippen molar-refractivity contribution in [3.8, 4) is 5.75 Å². The molecule has 0 amide bonds. The molecule has 0 atom stereocenters. The number of aliphatic imine (C=N–C) groups is 1. The molecule has 0 saturated heterocycles. The molecule has 0 unspecified atom stereocenters. The Bertz CT molecular complexity index is 463. The zero-order valence-electron chi connectivity index (χ0n) is 14.2. The summed E-state index contributed by atoms with van der Waals surface area (Å²) in [5, 5.41) is 6.68. The first kappa shape index (κ1) is 18.7. The third kappa shape index (κ3) is 7.07. The number of ether oxygens (including phenoxy) is 1. The van der Waals surface area contributed by atoms with Crippen LogP contribution in [-0.2, 0) is 6.54 Å². The molecule has 0 aliphatic heterocycles. The first-order valence-electron chi connectivity index (χ1n) is 7.85. The molecule has 1 aromatic carbocycles. The van der Waals surface area contributed by atoms with Gasteiger partial charge in [0.05, 0.1) is 13.7 Å². The van der Waals surface area contributed by atoms with E-state index >= 15 is 0 Å². The van der Waals surface area contributed by atoms with E-state index in [1.54, 1.807) is 7.11 Å². The van der Waals surface area contributed by atoms with Gasteiger partial charge in [-0.3, -0.25) is 0 Å². The van der Waals surface area contributed by atoms with Crippen molar-refractivity contribution in [2.24, 2.45) is 4.99 Å². The predicted molar refractivity (Wildman–Crippen MR) is 98.2 cm³/mol. The van der Waals surface area contributed by atoms with E-state index < -0.39 is 0 Å². The van der Waals surface area contributed by atoms with Gasteiger partial charge in [-0.25, -0.2) is 4.99 Å². The summed E-state index contributed by atoms with van der Waals surface area (Å²) in [4.78, 5) is 4.65. The standard InChI is InChI=1S/C17H29N3OS/c1-5-18-17(19-10-6-7-11-22-4)20-13-15-8-9-16(21-3)14(2)12-15/h8-9,12H,5-7,10-11,13H2,1-4H3,(H2,18,19,20). The van der Waals surface area contributed by atoms with Crippen LogP contribution in [0.2, 0.25) is 0 Å². The lowest BCUT2D eigenvalue weighted by Crippen LogP contribution is -2.37. The summed E-state index contributed by atoms with van der Waals surface area (Å²) in [7, 11) is 1.70. The highest BCUT2D eigenvalue weighted by Crippen LogP contribution is 2.18. The van der Waals surface area contributed by atoms with Gasteiger partial charge in [0.25, 0.3) is 0 Å². The van der Waals surface area contributed by atoms with Gasteiger partial charge in [-0.05, 0) is 55.9 Å². The molecule has 0 heterocycles. The van der Waals surface area contributed by atoms with E-state index in [0.717, 1.165) is 30.4 Å². The van der Waals surface area contributed by atoms with Gasteiger partial charge in [-0.1, -0.05) is 12.1 Å². The van der Waals surface area contributed by atoms with E-state index in [-0.39, 0.29) is 0 Å². The van der Waals surface area contributed by atoms with Crippen molar-refractivity contribution < 1.29 is 4.74 Å². The number of hydrogen-bond acceptors (Lipinski definition) is 3. The average Bonchev–Trinajstić information content (AvgIpc) is 2.52. The number of rotatable bonds is 9. The van der Waals surface area contributed by atoms with Gasteiger partial charge in [-0.2, -0.15) is 11.8 Å². The summed E-state index contributed by atoms with van der Waals surface area (Å²) in [5.41, 5.74) is 2.34. The molecule has 0 aliphatic rings. The normalized spacial score (nSPS) is 11.4. The minimum Gasteiger partial charge on any atom is -0.496 e. The first-order chi connectivity index (χ1) is 10.7. The summed E-state index contributed by atoms with van der Waals surface area (Å²) in [6.45, 7) is 6.65. The molecule has 2 N–H and O–H groups in total. The maximum atomic E-state index is 5.29. The second-order valence-electron chi connectivity index (χ2n) is 5.13.